The van der Waals surface area contributed by atoms with Crippen molar-refractivity contribution in [3.8, 4) is 0 Å². The smallest absolute Gasteiger partial charge is 0.326 e. The molecule has 23 heavy (non-hydrogen) atoms. The number of anilines is 2. The first-order valence-electron chi connectivity index (χ1n) is 7.66. The molecule has 1 unspecified atom stereocenters. The molecule has 2 amide bonds. The number of carboxylic acid groups (broad SMARTS) is 1. The van der Waals surface area contributed by atoms with E-state index in [-0.39, 0.29) is 11.8 Å². The largest absolute Gasteiger partial charge is 0.480 e. The minimum atomic E-state index is -0.973. The van der Waals surface area contributed by atoms with Gasteiger partial charge in [-0.1, -0.05) is 0 Å². The summed E-state index contributed by atoms with van der Waals surface area (Å²) in [4.78, 5) is 39.0. The highest BCUT2D eigenvalue weighted by Gasteiger charge is 2.34. The Balaban J connectivity index is 1.90. The van der Waals surface area contributed by atoms with Gasteiger partial charge in [0, 0.05) is 32.1 Å². The summed E-state index contributed by atoms with van der Waals surface area (Å²) in [6, 6.07) is 4.35. The summed E-state index contributed by atoms with van der Waals surface area (Å²) in [5, 5.41) is 12.0. The maximum Gasteiger partial charge on any atom is 0.326 e. The van der Waals surface area contributed by atoms with Gasteiger partial charge in [-0.3, -0.25) is 9.59 Å². The van der Waals surface area contributed by atoms with Crippen LogP contribution in [0.25, 0.3) is 0 Å². The van der Waals surface area contributed by atoms with Crippen molar-refractivity contribution in [1.29, 1.82) is 0 Å². The fourth-order valence-corrected chi connectivity index (χ4v) is 3.14. The number of likely N-dealkylation sites (tertiary alicyclic amines) is 1. The zero-order valence-corrected chi connectivity index (χ0v) is 12.9. The van der Waals surface area contributed by atoms with Gasteiger partial charge in [0.05, 0.1) is 11.4 Å². The highest BCUT2D eigenvalue weighted by Crippen LogP contribution is 2.30. The Bertz CT molecular complexity index is 673. The Hall–Kier alpha value is -2.57. The molecule has 1 aromatic carbocycles. The second kappa shape index (κ2) is 5.91. The molecule has 2 aliphatic rings. The van der Waals surface area contributed by atoms with E-state index in [1.165, 1.54) is 4.90 Å². The van der Waals surface area contributed by atoms with Crippen LogP contribution in [-0.2, 0) is 9.59 Å². The zero-order chi connectivity index (χ0) is 16.6. The highest BCUT2D eigenvalue weighted by molar-refractivity contribution is 6.02. The van der Waals surface area contributed by atoms with Crippen LogP contribution in [-0.4, -0.2) is 54.0 Å². The van der Waals surface area contributed by atoms with Crippen LogP contribution >= 0.6 is 0 Å². The minimum absolute atomic E-state index is 0.0928. The fourth-order valence-electron chi connectivity index (χ4n) is 3.14. The number of nitrogens with one attached hydrogen (secondary N) is 1. The van der Waals surface area contributed by atoms with Crippen LogP contribution in [0.5, 0.6) is 0 Å². The van der Waals surface area contributed by atoms with Crippen molar-refractivity contribution in [2.75, 3.05) is 30.4 Å². The van der Waals surface area contributed by atoms with E-state index in [9.17, 15) is 19.5 Å². The van der Waals surface area contributed by atoms with Crippen molar-refractivity contribution in [2.24, 2.45) is 0 Å². The first-order valence-corrected chi connectivity index (χ1v) is 7.66. The second-order valence-electron chi connectivity index (χ2n) is 5.95. The molecule has 0 spiro atoms. The van der Waals surface area contributed by atoms with Gasteiger partial charge in [-0.2, -0.15) is 0 Å². The molecule has 3 rings (SSSR count). The van der Waals surface area contributed by atoms with Gasteiger partial charge in [-0.05, 0) is 31.0 Å². The van der Waals surface area contributed by atoms with E-state index in [0.29, 0.717) is 43.6 Å². The number of rotatable bonds is 2. The molecular weight excluding hydrogens is 298 g/mol. The summed E-state index contributed by atoms with van der Waals surface area (Å²) in [5.41, 5.74) is 1.84. The molecule has 0 aliphatic carbocycles. The van der Waals surface area contributed by atoms with Gasteiger partial charge in [-0.25, -0.2) is 4.79 Å². The van der Waals surface area contributed by atoms with E-state index in [4.69, 9.17) is 0 Å². The predicted octanol–water partition coefficient (Wildman–Crippen LogP) is 1.15. The van der Waals surface area contributed by atoms with Crippen molar-refractivity contribution in [3.05, 3.63) is 23.8 Å². The number of carbonyl (C=O) groups excluding carboxylic acids is 2. The minimum Gasteiger partial charge on any atom is -0.480 e. The van der Waals surface area contributed by atoms with Crippen LogP contribution in [0.2, 0.25) is 0 Å². The molecule has 1 aromatic rings. The number of nitrogens with zero attached hydrogens (tertiary/aromatic N) is 2. The monoisotopic (exact) mass is 317 g/mol. The lowest BCUT2D eigenvalue weighted by Crippen LogP contribution is -2.40. The van der Waals surface area contributed by atoms with Crippen LogP contribution in [0.1, 0.15) is 29.6 Å². The maximum absolute atomic E-state index is 12.6. The third-order valence-corrected chi connectivity index (χ3v) is 4.40. The van der Waals surface area contributed by atoms with Gasteiger partial charge in [0.25, 0.3) is 5.91 Å². The Morgan fingerprint density at radius 1 is 1.30 bits per heavy atom. The zero-order valence-electron chi connectivity index (χ0n) is 12.9. The van der Waals surface area contributed by atoms with E-state index in [0.717, 1.165) is 5.69 Å². The molecule has 2 heterocycles. The van der Waals surface area contributed by atoms with Gasteiger partial charge < -0.3 is 20.2 Å². The van der Waals surface area contributed by atoms with Crippen LogP contribution in [0.15, 0.2) is 18.2 Å². The van der Waals surface area contributed by atoms with Gasteiger partial charge in [0.15, 0.2) is 0 Å². The highest BCUT2D eigenvalue weighted by atomic mass is 16.4. The molecule has 122 valence electrons. The molecule has 0 radical (unpaired) electrons. The SMILES string of the molecule is CN1CCC(=O)Nc2cc(C(=O)N3CCCC3C(=O)O)ccc21. The summed E-state index contributed by atoms with van der Waals surface area (Å²) in [5.74, 6) is -1.37. The third-order valence-electron chi connectivity index (χ3n) is 4.40. The van der Waals surface area contributed by atoms with E-state index in [2.05, 4.69) is 5.32 Å². The van der Waals surface area contributed by atoms with Gasteiger partial charge in [0.2, 0.25) is 5.91 Å². The average molecular weight is 317 g/mol. The molecule has 7 heteroatoms. The molecule has 0 aromatic heterocycles. The van der Waals surface area contributed by atoms with Gasteiger partial charge in [0.1, 0.15) is 6.04 Å². The number of hydrogen-bond donors (Lipinski definition) is 2. The van der Waals surface area contributed by atoms with Crippen LogP contribution in [0.4, 0.5) is 11.4 Å². The van der Waals surface area contributed by atoms with Crippen molar-refractivity contribution < 1.29 is 19.5 Å². The summed E-state index contributed by atoms with van der Waals surface area (Å²) < 4.78 is 0. The van der Waals surface area contributed by atoms with Gasteiger partial charge >= 0.3 is 5.97 Å². The fraction of sp³-hybridized carbons (Fsp3) is 0.438. The molecule has 2 N–H and O–H groups in total. The standard InChI is InChI=1S/C16H19N3O4/c1-18-8-6-14(20)17-11-9-10(4-5-12(11)18)15(21)19-7-2-3-13(19)16(22)23/h4-5,9,13H,2-3,6-8H2,1H3,(H,17,20)(H,22,23). The molecular formula is C16H19N3O4. The quantitative estimate of drug-likeness (QED) is 0.854. The average Bonchev–Trinajstić information content (AvgIpc) is 2.96. The van der Waals surface area contributed by atoms with Crippen molar-refractivity contribution in [2.45, 2.75) is 25.3 Å². The van der Waals surface area contributed by atoms with Gasteiger partial charge in [-0.15, -0.1) is 0 Å². The van der Waals surface area contributed by atoms with Crippen molar-refractivity contribution in [1.82, 2.24) is 4.90 Å². The number of amides is 2. The summed E-state index contributed by atoms with van der Waals surface area (Å²) in [6.07, 6.45) is 1.56. The Labute approximate surface area is 133 Å². The molecule has 0 saturated carbocycles. The maximum atomic E-state index is 12.6. The first-order chi connectivity index (χ1) is 11.0. The lowest BCUT2D eigenvalue weighted by Gasteiger charge is -2.23. The summed E-state index contributed by atoms with van der Waals surface area (Å²) in [7, 11) is 1.89. The second-order valence-corrected chi connectivity index (χ2v) is 5.95. The van der Waals surface area contributed by atoms with E-state index >= 15 is 0 Å². The van der Waals surface area contributed by atoms with Crippen molar-refractivity contribution >= 4 is 29.2 Å². The lowest BCUT2D eigenvalue weighted by atomic mass is 10.1. The van der Waals surface area contributed by atoms with Crippen LogP contribution < -0.4 is 10.2 Å². The molecule has 2 aliphatic heterocycles. The summed E-state index contributed by atoms with van der Waals surface area (Å²) >= 11 is 0. The summed E-state index contributed by atoms with van der Waals surface area (Å²) in [6.45, 7) is 1.05. The topological polar surface area (TPSA) is 90.0 Å². The number of fused-ring (bicyclic) bond motifs is 1. The number of carbonyl (C=O) groups is 3. The van der Waals surface area contributed by atoms with E-state index in [1.807, 2.05) is 11.9 Å². The molecule has 1 atom stereocenters. The Kier molecular flexibility index (Phi) is 3.94. The normalized spacial score (nSPS) is 20.7. The molecule has 7 nitrogen and oxygen atoms in total. The van der Waals surface area contributed by atoms with Crippen molar-refractivity contribution in [3.63, 3.8) is 0 Å². The number of hydrogen-bond acceptors (Lipinski definition) is 4. The Morgan fingerprint density at radius 2 is 2.09 bits per heavy atom. The first kappa shape index (κ1) is 15.3. The molecule has 0 bridgehead atoms. The Morgan fingerprint density at radius 3 is 2.83 bits per heavy atom. The van der Waals surface area contributed by atoms with E-state index in [1.54, 1.807) is 18.2 Å². The van der Waals surface area contributed by atoms with Crippen LogP contribution in [0.3, 0.4) is 0 Å². The number of carboxylic acids is 1. The number of benzene rings is 1. The number of aliphatic carboxylic acids is 1. The third kappa shape index (κ3) is 2.86. The predicted molar refractivity (Wildman–Crippen MR) is 84.7 cm³/mol. The van der Waals surface area contributed by atoms with Crippen LogP contribution in [0, 0.1) is 0 Å². The lowest BCUT2D eigenvalue weighted by molar-refractivity contribution is -0.141. The van der Waals surface area contributed by atoms with E-state index < -0.39 is 12.0 Å². The molecule has 1 fully saturated rings. The molecule has 1 saturated heterocycles.